The Balaban J connectivity index is 0.00000288. The third-order valence-electron chi connectivity index (χ3n) is 3.01. The fourth-order valence-electron chi connectivity index (χ4n) is 1.88. The van der Waals surface area contributed by atoms with Crippen LogP contribution in [0.4, 0.5) is 4.39 Å². The second-order valence-electron chi connectivity index (χ2n) is 4.86. The SMILES string of the molecule is CCNC(=NCc1ccn[nH]1)NCCCSc1ccc(F)cc1.I. The van der Waals surface area contributed by atoms with E-state index in [1.165, 1.54) is 12.1 Å². The first-order chi connectivity index (χ1) is 11.3. The summed E-state index contributed by atoms with van der Waals surface area (Å²) < 4.78 is 12.8. The topological polar surface area (TPSA) is 65.1 Å². The molecule has 1 aromatic heterocycles. The van der Waals surface area contributed by atoms with E-state index < -0.39 is 0 Å². The maximum atomic E-state index is 12.8. The number of benzene rings is 1. The van der Waals surface area contributed by atoms with Crippen molar-refractivity contribution in [3.8, 4) is 0 Å². The van der Waals surface area contributed by atoms with Crippen molar-refractivity contribution in [1.82, 2.24) is 20.8 Å². The molecular formula is C16H23FIN5S. The molecule has 0 unspecified atom stereocenters. The van der Waals surface area contributed by atoms with Gasteiger partial charge in [0.25, 0.3) is 0 Å². The van der Waals surface area contributed by atoms with Crippen LogP contribution < -0.4 is 10.6 Å². The van der Waals surface area contributed by atoms with E-state index in [9.17, 15) is 4.39 Å². The van der Waals surface area contributed by atoms with E-state index in [0.717, 1.165) is 41.8 Å². The summed E-state index contributed by atoms with van der Waals surface area (Å²) in [5.74, 6) is 1.58. The van der Waals surface area contributed by atoms with Crippen LogP contribution in [0.15, 0.2) is 46.4 Å². The minimum atomic E-state index is -0.195. The highest BCUT2D eigenvalue weighted by atomic mass is 127. The highest BCUT2D eigenvalue weighted by molar-refractivity contribution is 14.0. The van der Waals surface area contributed by atoms with Crippen molar-refractivity contribution in [3.63, 3.8) is 0 Å². The number of H-pyrrole nitrogens is 1. The third-order valence-corrected chi connectivity index (χ3v) is 4.10. The molecule has 5 nitrogen and oxygen atoms in total. The van der Waals surface area contributed by atoms with E-state index in [1.54, 1.807) is 18.0 Å². The van der Waals surface area contributed by atoms with Crippen molar-refractivity contribution in [2.75, 3.05) is 18.8 Å². The molecule has 0 fully saturated rings. The molecule has 0 saturated heterocycles. The summed E-state index contributed by atoms with van der Waals surface area (Å²) in [7, 11) is 0. The number of guanidine groups is 1. The molecule has 2 rings (SSSR count). The molecule has 0 radical (unpaired) electrons. The van der Waals surface area contributed by atoms with E-state index in [4.69, 9.17) is 0 Å². The molecule has 1 aromatic carbocycles. The minimum absolute atomic E-state index is 0. The zero-order chi connectivity index (χ0) is 16.3. The van der Waals surface area contributed by atoms with Crippen LogP contribution in [0.5, 0.6) is 0 Å². The Hall–Kier alpha value is -1.29. The quantitative estimate of drug-likeness (QED) is 0.185. The molecule has 24 heavy (non-hydrogen) atoms. The van der Waals surface area contributed by atoms with E-state index >= 15 is 0 Å². The van der Waals surface area contributed by atoms with Gasteiger partial charge in [0.1, 0.15) is 5.82 Å². The van der Waals surface area contributed by atoms with Crippen molar-refractivity contribution >= 4 is 41.7 Å². The molecule has 0 atom stereocenters. The Labute approximate surface area is 163 Å². The van der Waals surface area contributed by atoms with E-state index in [1.807, 2.05) is 25.1 Å². The minimum Gasteiger partial charge on any atom is -0.357 e. The van der Waals surface area contributed by atoms with Gasteiger partial charge in [0, 0.05) is 24.2 Å². The Bertz CT molecular complexity index is 589. The van der Waals surface area contributed by atoms with Crippen LogP contribution in [0.25, 0.3) is 0 Å². The molecule has 0 aliphatic carbocycles. The first-order valence-electron chi connectivity index (χ1n) is 7.66. The first kappa shape index (κ1) is 20.8. The number of aromatic nitrogens is 2. The van der Waals surface area contributed by atoms with Gasteiger partial charge in [0.15, 0.2) is 5.96 Å². The van der Waals surface area contributed by atoms with Gasteiger partial charge < -0.3 is 10.6 Å². The average Bonchev–Trinajstić information content (AvgIpc) is 3.07. The highest BCUT2D eigenvalue weighted by Crippen LogP contribution is 2.18. The Morgan fingerprint density at radius 3 is 2.71 bits per heavy atom. The maximum Gasteiger partial charge on any atom is 0.191 e. The van der Waals surface area contributed by atoms with Gasteiger partial charge in [-0.2, -0.15) is 5.10 Å². The fourth-order valence-corrected chi connectivity index (χ4v) is 2.73. The fraction of sp³-hybridized carbons (Fsp3) is 0.375. The normalized spacial score (nSPS) is 11.0. The number of thioether (sulfide) groups is 1. The number of nitrogens with one attached hydrogen (secondary N) is 3. The summed E-state index contributed by atoms with van der Waals surface area (Å²) in [6, 6.07) is 8.51. The number of hydrogen-bond donors (Lipinski definition) is 3. The number of halogens is 2. The summed E-state index contributed by atoms with van der Waals surface area (Å²) >= 11 is 1.73. The molecule has 0 aliphatic heterocycles. The monoisotopic (exact) mass is 463 g/mol. The Morgan fingerprint density at radius 2 is 2.04 bits per heavy atom. The van der Waals surface area contributed by atoms with Crippen LogP contribution in [-0.2, 0) is 6.54 Å². The van der Waals surface area contributed by atoms with Crippen LogP contribution in [0, 0.1) is 5.82 Å². The maximum absolute atomic E-state index is 12.8. The van der Waals surface area contributed by atoms with Gasteiger partial charge in [-0.05, 0) is 49.4 Å². The van der Waals surface area contributed by atoms with Crippen LogP contribution >= 0.6 is 35.7 Å². The van der Waals surface area contributed by atoms with Gasteiger partial charge in [0.05, 0.1) is 12.2 Å². The zero-order valence-corrected chi connectivity index (χ0v) is 16.7. The number of aliphatic imine (C=N–C) groups is 1. The molecule has 8 heteroatoms. The molecule has 2 aromatic rings. The third kappa shape index (κ3) is 8.00. The van der Waals surface area contributed by atoms with Crippen LogP contribution in [0.1, 0.15) is 19.0 Å². The molecule has 0 spiro atoms. The summed E-state index contributed by atoms with van der Waals surface area (Å²) in [4.78, 5) is 5.59. The molecule has 0 amide bonds. The predicted molar refractivity (Wildman–Crippen MR) is 109 cm³/mol. The molecular weight excluding hydrogens is 440 g/mol. The zero-order valence-electron chi connectivity index (χ0n) is 13.6. The van der Waals surface area contributed by atoms with Gasteiger partial charge in [-0.1, -0.05) is 0 Å². The lowest BCUT2D eigenvalue weighted by Crippen LogP contribution is -2.37. The lowest BCUT2D eigenvalue weighted by Gasteiger charge is -2.10. The van der Waals surface area contributed by atoms with Gasteiger partial charge in [-0.3, -0.25) is 5.10 Å². The lowest BCUT2D eigenvalue weighted by molar-refractivity contribution is 0.626. The van der Waals surface area contributed by atoms with Crippen molar-refractivity contribution in [1.29, 1.82) is 0 Å². The number of hydrogen-bond acceptors (Lipinski definition) is 3. The van der Waals surface area contributed by atoms with Gasteiger partial charge >= 0.3 is 0 Å². The van der Waals surface area contributed by atoms with Crippen molar-refractivity contribution in [2.45, 2.75) is 24.8 Å². The van der Waals surface area contributed by atoms with E-state index in [-0.39, 0.29) is 29.8 Å². The second-order valence-corrected chi connectivity index (χ2v) is 6.03. The first-order valence-corrected chi connectivity index (χ1v) is 8.65. The molecule has 0 aliphatic rings. The standard InChI is InChI=1S/C16H22FN5S.HI/c1-2-18-16(20-12-14-8-10-21-22-14)19-9-3-11-23-15-6-4-13(17)5-7-15;/h4-8,10H,2-3,9,11-12H2,1H3,(H,21,22)(H2,18,19,20);1H. The van der Waals surface area contributed by atoms with Gasteiger partial charge in [0.2, 0.25) is 0 Å². The number of rotatable bonds is 8. The predicted octanol–water partition coefficient (Wildman–Crippen LogP) is 3.40. The number of aromatic amines is 1. The summed E-state index contributed by atoms with van der Waals surface area (Å²) in [6.45, 7) is 4.26. The van der Waals surface area contributed by atoms with E-state index in [2.05, 4.69) is 25.8 Å². The highest BCUT2D eigenvalue weighted by Gasteiger charge is 1.99. The largest absolute Gasteiger partial charge is 0.357 e. The van der Waals surface area contributed by atoms with Gasteiger partial charge in [-0.25, -0.2) is 9.38 Å². The summed E-state index contributed by atoms with van der Waals surface area (Å²) in [5.41, 5.74) is 0.981. The molecule has 3 N–H and O–H groups in total. The van der Waals surface area contributed by atoms with Gasteiger partial charge in [-0.15, -0.1) is 35.7 Å². The Morgan fingerprint density at radius 1 is 1.25 bits per heavy atom. The molecule has 132 valence electrons. The number of nitrogens with zero attached hydrogens (tertiary/aromatic N) is 2. The second kappa shape index (κ2) is 12.1. The van der Waals surface area contributed by atoms with Crippen LogP contribution in [0.2, 0.25) is 0 Å². The Kier molecular flexibility index (Phi) is 10.5. The molecule has 0 saturated carbocycles. The van der Waals surface area contributed by atoms with Crippen molar-refractivity contribution < 1.29 is 4.39 Å². The van der Waals surface area contributed by atoms with E-state index in [0.29, 0.717) is 6.54 Å². The molecule has 1 heterocycles. The summed E-state index contributed by atoms with van der Waals surface area (Å²) in [6.07, 6.45) is 2.72. The summed E-state index contributed by atoms with van der Waals surface area (Å²) in [5, 5.41) is 13.3. The van der Waals surface area contributed by atoms with Crippen molar-refractivity contribution in [2.24, 2.45) is 4.99 Å². The van der Waals surface area contributed by atoms with Crippen molar-refractivity contribution in [3.05, 3.63) is 48.0 Å². The average molecular weight is 463 g/mol. The van der Waals surface area contributed by atoms with Crippen LogP contribution in [-0.4, -0.2) is 35.0 Å². The van der Waals surface area contributed by atoms with Crippen LogP contribution in [0.3, 0.4) is 0 Å². The molecule has 0 bridgehead atoms. The lowest BCUT2D eigenvalue weighted by atomic mass is 10.4. The smallest absolute Gasteiger partial charge is 0.191 e.